The van der Waals surface area contributed by atoms with E-state index in [0.717, 1.165) is 35.1 Å². The van der Waals surface area contributed by atoms with Crippen molar-refractivity contribution < 1.29 is 0 Å². The third-order valence-electron chi connectivity index (χ3n) is 3.29. The molecule has 4 heteroatoms. The van der Waals surface area contributed by atoms with Crippen LogP contribution in [0.2, 0.25) is 0 Å². The van der Waals surface area contributed by atoms with Gasteiger partial charge in [-0.1, -0.05) is 41.1 Å². The molecule has 3 nitrogen and oxygen atoms in total. The highest BCUT2D eigenvalue weighted by Crippen LogP contribution is 2.27. The van der Waals surface area contributed by atoms with Gasteiger partial charge in [0.2, 0.25) is 0 Å². The number of aromatic nitrogens is 1. The van der Waals surface area contributed by atoms with Crippen molar-refractivity contribution in [2.24, 2.45) is 0 Å². The Labute approximate surface area is 128 Å². The molecule has 20 heavy (non-hydrogen) atoms. The highest BCUT2D eigenvalue weighted by Gasteiger charge is 2.15. The molecule has 0 saturated heterocycles. The van der Waals surface area contributed by atoms with E-state index in [0.29, 0.717) is 0 Å². The summed E-state index contributed by atoms with van der Waals surface area (Å²) in [5.41, 5.74) is 9.17. The normalized spacial score (nSPS) is 12.3. The lowest BCUT2D eigenvalue weighted by Gasteiger charge is -2.21. The zero-order valence-electron chi connectivity index (χ0n) is 11.6. The molecule has 1 atom stereocenters. The first-order valence-corrected chi connectivity index (χ1v) is 7.67. The Balaban J connectivity index is 2.24. The zero-order chi connectivity index (χ0) is 14.4. The molecule has 1 unspecified atom stereocenters. The Kier molecular flexibility index (Phi) is 5.56. The van der Waals surface area contributed by atoms with Crippen LogP contribution in [0.4, 0.5) is 5.69 Å². The van der Waals surface area contributed by atoms with Gasteiger partial charge in [0.1, 0.15) is 0 Å². The number of anilines is 1. The monoisotopic (exact) mass is 333 g/mol. The number of rotatable bonds is 6. The van der Waals surface area contributed by atoms with Crippen LogP contribution < -0.4 is 11.1 Å². The quantitative estimate of drug-likeness (QED) is 0.847. The van der Waals surface area contributed by atoms with Gasteiger partial charge < -0.3 is 11.1 Å². The third kappa shape index (κ3) is 3.81. The lowest BCUT2D eigenvalue weighted by atomic mass is 9.99. The van der Waals surface area contributed by atoms with Crippen molar-refractivity contribution in [3.8, 4) is 0 Å². The SMILES string of the molecule is CCCNC(Cc1cnccc1N)c1ccccc1Br. The van der Waals surface area contributed by atoms with Crippen molar-refractivity contribution in [2.45, 2.75) is 25.8 Å². The Hall–Kier alpha value is -1.39. The van der Waals surface area contributed by atoms with Crippen LogP contribution in [0.3, 0.4) is 0 Å². The summed E-state index contributed by atoms with van der Waals surface area (Å²) in [5, 5.41) is 3.59. The molecule has 0 bridgehead atoms. The Morgan fingerprint density at radius 3 is 2.80 bits per heavy atom. The first-order valence-electron chi connectivity index (χ1n) is 6.88. The Bertz CT molecular complexity index is 557. The molecule has 3 N–H and O–H groups in total. The molecule has 0 aliphatic rings. The van der Waals surface area contributed by atoms with Crippen LogP contribution in [0.1, 0.15) is 30.5 Å². The van der Waals surface area contributed by atoms with Gasteiger partial charge in [0, 0.05) is 28.6 Å². The average molecular weight is 334 g/mol. The predicted molar refractivity (Wildman–Crippen MR) is 87.5 cm³/mol. The van der Waals surface area contributed by atoms with Crippen molar-refractivity contribution >= 4 is 21.6 Å². The van der Waals surface area contributed by atoms with Crippen molar-refractivity contribution in [3.63, 3.8) is 0 Å². The molecule has 2 rings (SSSR count). The van der Waals surface area contributed by atoms with E-state index in [1.165, 1.54) is 5.56 Å². The van der Waals surface area contributed by atoms with E-state index < -0.39 is 0 Å². The van der Waals surface area contributed by atoms with Crippen molar-refractivity contribution in [1.82, 2.24) is 10.3 Å². The number of nitrogen functional groups attached to an aromatic ring is 1. The van der Waals surface area contributed by atoms with E-state index >= 15 is 0 Å². The first-order chi connectivity index (χ1) is 9.72. The molecule has 0 radical (unpaired) electrons. The molecule has 106 valence electrons. The number of halogens is 1. The summed E-state index contributed by atoms with van der Waals surface area (Å²) in [6.07, 6.45) is 5.52. The fraction of sp³-hybridized carbons (Fsp3) is 0.312. The fourth-order valence-corrected chi connectivity index (χ4v) is 2.76. The van der Waals surface area contributed by atoms with Gasteiger partial charge in [-0.15, -0.1) is 0 Å². The number of pyridine rings is 1. The van der Waals surface area contributed by atoms with Crippen LogP contribution in [-0.2, 0) is 6.42 Å². The van der Waals surface area contributed by atoms with Gasteiger partial charge in [-0.2, -0.15) is 0 Å². The second-order valence-electron chi connectivity index (χ2n) is 4.81. The molecule has 0 aliphatic carbocycles. The maximum Gasteiger partial charge on any atom is 0.0378 e. The average Bonchev–Trinajstić information content (AvgIpc) is 2.46. The fourth-order valence-electron chi connectivity index (χ4n) is 2.20. The molecular formula is C16H20BrN3. The summed E-state index contributed by atoms with van der Waals surface area (Å²) in [7, 11) is 0. The Morgan fingerprint density at radius 1 is 1.30 bits per heavy atom. The minimum absolute atomic E-state index is 0.233. The van der Waals surface area contributed by atoms with E-state index in [2.05, 4.69) is 51.4 Å². The first kappa shape index (κ1) is 15.0. The minimum Gasteiger partial charge on any atom is -0.398 e. The van der Waals surface area contributed by atoms with E-state index in [-0.39, 0.29) is 6.04 Å². The third-order valence-corrected chi connectivity index (χ3v) is 4.01. The molecule has 1 aromatic carbocycles. The van der Waals surface area contributed by atoms with Crippen LogP contribution in [-0.4, -0.2) is 11.5 Å². The summed E-state index contributed by atoms with van der Waals surface area (Å²) in [4.78, 5) is 4.18. The van der Waals surface area contributed by atoms with Gasteiger partial charge in [0.05, 0.1) is 0 Å². The molecule has 0 amide bonds. The van der Waals surface area contributed by atoms with Crippen LogP contribution in [0.15, 0.2) is 47.2 Å². The van der Waals surface area contributed by atoms with E-state index in [9.17, 15) is 0 Å². The highest BCUT2D eigenvalue weighted by molar-refractivity contribution is 9.10. The van der Waals surface area contributed by atoms with Gasteiger partial charge in [0.15, 0.2) is 0 Å². The lowest BCUT2D eigenvalue weighted by molar-refractivity contribution is 0.527. The number of hydrogen-bond acceptors (Lipinski definition) is 3. The summed E-state index contributed by atoms with van der Waals surface area (Å²) < 4.78 is 1.12. The standard InChI is InChI=1S/C16H20BrN3/c1-2-8-20-16(13-5-3-4-6-14(13)17)10-12-11-19-9-7-15(12)18/h3-7,9,11,16,20H,2,8,10H2,1H3,(H2,18,19). The van der Waals surface area contributed by atoms with Crippen LogP contribution in [0, 0.1) is 0 Å². The second-order valence-corrected chi connectivity index (χ2v) is 5.66. The summed E-state index contributed by atoms with van der Waals surface area (Å²) in [6, 6.07) is 10.4. The number of benzene rings is 1. The van der Waals surface area contributed by atoms with Gasteiger partial charge >= 0.3 is 0 Å². The van der Waals surface area contributed by atoms with Crippen LogP contribution in [0.25, 0.3) is 0 Å². The van der Waals surface area contributed by atoms with E-state index in [1.807, 2.05) is 18.3 Å². The predicted octanol–water partition coefficient (Wildman–Crippen LogP) is 3.71. The topological polar surface area (TPSA) is 50.9 Å². The lowest BCUT2D eigenvalue weighted by Crippen LogP contribution is -2.24. The van der Waals surface area contributed by atoms with E-state index in [1.54, 1.807) is 6.20 Å². The van der Waals surface area contributed by atoms with Crippen molar-refractivity contribution in [1.29, 1.82) is 0 Å². The maximum absolute atomic E-state index is 6.03. The number of nitrogens with one attached hydrogen (secondary N) is 1. The number of nitrogens with zero attached hydrogens (tertiary/aromatic N) is 1. The van der Waals surface area contributed by atoms with Gasteiger partial charge in [-0.25, -0.2) is 0 Å². The summed E-state index contributed by atoms with van der Waals surface area (Å²) in [5.74, 6) is 0. The smallest absolute Gasteiger partial charge is 0.0378 e. The molecule has 0 aliphatic heterocycles. The minimum atomic E-state index is 0.233. The molecule has 0 spiro atoms. The number of hydrogen-bond donors (Lipinski definition) is 2. The van der Waals surface area contributed by atoms with Crippen LogP contribution >= 0.6 is 15.9 Å². The molecular weight excluding hydrogens is 314 g/mol. The molecule has 1 aromatic heterocycles. The van der Waals surface area contributed by atoms with Gasteiger partial charge in [-0.05, 0) is 42.6 Å². The maximum atomic E-state index is 6.03. The second kappa shape index (κ2) is 7.41. The summed E-state index contributed by atoms with van der Waals surface area (Å²) >= 11 is 3.63. The molecule has 1 heterocycles. The highest BCUT2D eigenvalue weighted by atomic mass is 79.9. The Morgan fingerprint density at radius 2 is 2.10 bits per heavy atom. The van der Waals surface area contributed by atoms with Crippen molar-refractivity contribution in [2.75, 3.05) is 12.3 Å². The molecule has 0 fully saturated rings. The largest absolute Gasteiger partial charge is 0.398 e. The summed E-state index contributed by atoms with van der Waals surface area (Å²) in [6.45, 7) is 3.15. The van der Waals surface area contributed by atoms with E-state index in [4.69, 9.17) is 5.73 Å². The molecule has 0 saturated carbocycles. The molecule has 2 aromatic rings. The van der Waals surface area contributed by atoms with Crippen molar-refractivity contribution in [3.05, 3.63) is 58.3 Å². The van der Waals surface area contributed by atoms with Crippen LogP contribution in [0.5, 0.6) is 0 Å². The van der Waals surface area contributed by atoms with Gasteiger partial charge in [0.25, 0.3) is 0 Å². The van der Waals surface area contributed by atoms with Gasteiger partial charge in [-0.3, -0.25) is 4.98 Å². The number of nitrogens with two attached hydrogens (primary N) is 1. The zero-order valence-corrected chi connectivity index (χ0v) is 13.2.